The van der Waals surface area contributed by atoms with Gasteiger partial charge < -0.3 is 15.5 Å². The Labute approximate surface area is 78.0 Å². The number of nitrogens with one attached hydrogen (secondary N) is 1. The van der Waals surface area contributed by atoms with Crippen LogP contribution in [0.15, 0.2) is 0 Å². The van der Waals surface area contributed by atoms with Crippen LogP contribution in [0.3, 0.4) is 0 Å². The van der Waals surface area contributed by atoms with Crippen LogP contribution in [0.2, 0.25) is 0 Å². The maximum atomic E-state index is 10.5. The van der Waals surface area contributed by atoms with Crippen molar-refractivity contribution in [3.05, 3.63) is 0 Å². The molecule has 1 aliphatic rings. The SMILES string of the molecule is CC(O)(CNCCC1CC1)C(=O)O. The molecule has 0 spiro atoms. The standard InChI is InChI=1S/C9H17NO3/c1-9(13,8(11)12)6-10-5-4-7-2-3-7/h7,10,13H,2-6H2,1H3,(H,11,12). The van der Waals surface area contributed by atoms with Crippen LogP contribution in [0.25, 0.3) is 0 Å². The van der Waals surface area contributed by atoms with E-state index in [2.05, 4.69) is 5.32 Å². The van der Waals surface area contributed by atoms with Crippen molar-refractivity contribution in [2.45, 2.75) is 31.8 Å². The summed E-state index contributed by atoms with van der Waals surface area (Å²) >= 11 is 0. The highest BCUT2D eigenvalue weighted by molar-refractivity contribution is 5.76. The summed E-state index contributed by atoms with van der Waals surface area (Å²) in [7, 11) is 0. The second-order valence-corrected chi connectivity index (χ2v) is 3.99. The molecule has 0 heterocycles. The fourth-order valence-electron chi connectivity index (χ4n) is 1.12. The lowest BCUT2D eigenvalue weighted by molar-refractivity contribution is -0.156. The molecule has 76 valence electrons. The molecule has 3 N–H and O–H groups in total. The molecule has 0 aromatic carbocycles. The maximum Gasteiger partial charge on any atom is 0.336 e. The van der Waals surface area contributed by atoms with Crippen LogP contribution in [0, 0.1) is 5.92 Å². The third-order valence-electron chi connectivity index (χ3n) is 2.36. The molecular weight excluding hydrogens is 170 g/mol. The Morgan fingerprint density at radius 1 is 1.62 bits per heavy atom. The van der Waals surface area contributed by atoms with Crippen molar-refractivity contribution in [1.82, 2.24) is 5.32 Å². The van der Waals surface area contributed by atoms with Gasteiger partial charge in [-0.2, -0.15) is 0 Å². The first kappa shape index (κ1) is 10.5. The number of rotatable bonds is 6. The maximum absolute atomic E-state index is 10.5. The summed E-state index contributed by atoms with van der Waals surface area (Å²) in [4.78, 5) is 10.5. The van der Waals surface area contributed by atoms with Gasteiger partial charge in [0.1, 0.15) is 0 Å². The highest BCUT2D eigenvalue weighted by Crippen LogP contribution is 2.31. The van der Waals surface area contributed by atoms with Gasteiger partial charge in [-0.15, -0.1) is 0 Å². The Kier molecular flexibility index (Phi) is 3.27. The highest BCUT2D eigenvalue weighted by Gasteiger charge is 2.29. The van der Waals surface area contributed by atoms with Gasteiger partial charge in [0, 0.05) is 6.54 Å². The molecule has 1 fully saturated rings. The molecule has 0 aromatic rings. The molecule has 1 atom stereocenters. The van der Waals surface area contributed by atoms with Gasteiger partial charge in [0.15, 0.2) is 5.60 Å². The summed E-state index contributed by atoms with van der Waals surface area (Å²) in [5, 5.41) is 20.8. The Balaban J connectivity index is 2.05. The summed E-state index contributed by atoms with van der Waals surface area (Å²) in [6.45, 7) is 2.22. The van der Waals surface area contributed by atoms with E-state index in [4.69, 9.17) is 5.11 Å². The van der Waals surface area contributed by atoms with E-state index in [0.29, 0.717) is 0 Å². The lowest BCUT2D eigenvalue weighted by Gasteiger charge is -2.18. The van der Waals surface area contributed by atoms with Crippen molar-refractivity contribution < 1.29 is 15.0 Å². The number of hydrogen-bond donors (Lipinski definition) is 3. The molecule has 1 rings (SSSR count). The molecule has 1 unspecified atom stereocenters. The first-order valence-electron chi connectivity index (χ1n) is 4.69. The van der Waals surface area contributed by atoms with Gasteiger partial charge in [-0.1, -0.05) is 12.8 Å². The minimum absolute atomic E-state index is 0.120. The zero-order valence-electron chi connectivity index (χ0n) is 7.92. The van der Waals surface area contributed by atoms with Gasteiger partial charge in [0.25, 0.3) is 0 Å². The molecule has 0 bridgehead atoms. The van der Waals surface area contributed by atoms with E-state index in [1.54, 1.807) is 0 Å². The van der Waals surface area contributed by atoms with E-state index in [1.807, 2.05) is 0 Å². The molecule has 4 heteroatoms. The second-order valence-electron chi connectivity index (χ2n) is 3.99. The summed E-state index contributed by atoms with van der Waals surface area (Å²) < 4.78 is 0. The van der Waals surface area contributed by atoms with Crippen LogP contribution in [-0.4, -0.2) is 34.9 Å². The third kappa shape index (κ3) is 3.74. The monoisotopic (exact) mass is 187 g/mol. The summed E-state index contributed by atoms with van der Waals surface area (Å²) in [6, 6.07) is 0. The molecule has 0 amide bonds. The van der Waals surface area contributed by atoms with Crippen molar-refractivity contribution in [3.63, 3.8) is 0 Å². The lowest BCUT2D eigenvalue weighted by atomic mass is 10.1. The van der Waals surface area contributed by atoms with Gasteiger partial charge in [-0.25, -0.2) is 4.79 Å². The van der Waals surface area contributed by atoms with E-state index in [9.17, 15) is 9.90 Å². The zero-order chi connectivity index (χ0) is 9.90. The van der Waals surface area contributed by atoms with Crippen molar-refractivity contribution in [1.29, 1.82) is 0 Å². The Morgan fingerprint density at radius 2 is 2.23 bits per heavy atom. The van der Waals surface area contributed by atoms with E-state index in [0.717, 1.165) is 18.9 Å². The molecule has 0 radical (unpaired) electrons. The van der Waals surface area contributed by atoms with E-state index < -0.39 is 11.6 Å². The molecule has 1 saturated carbocycles. The fourth-order valence-corrected chi connectivity index (χ4v) is 1.12. The van der Waals surface area contributed by atoms with Gasteiger partial charge in [0.2, 0.25) is 0 Å². The third-order valence-corrected chi connectivity index (χ3v) is 2.36. The van der Waals surface area contributed by atoms with Crippen LogP contribution in [0.4, 0.5) is 0 Å². The molecule has 13 heavy (non-hydrogen) atoms. The van der Waals surface area contributed by atoms with Gasteiger partial charge in [-0.05, 0) is 25.8 Å². The van der Waals surface area contributed by atoms with Crippen LogP contribution < -0.4 is 5.32 Å². The Hall–Kier alpha value is -0.610. The molecule has 4 nitrogen and oxygen atoms in total. The largest absolute Gasteiger partial charge is 0.479 e. The highest BCUT2D eigenvalue weighted by atomic mass is 16.4. The number of aliphatic carboxylic acids is 1. The number of aliphatic hydroxyl groups is 1. The molecule has 0 saturated heterocycles. The van der Waals surface area contributed by atoms with Gasteiger partial charge >= 0.3 is 5.97 Å². The summed E-state index contributed by atoms with van der Waals surface area (Å²) in [6.07, 6.45) is 3.70. The van der Waals surface area contributed by atoms with Crippen molar-refractivity contribution >= 4 is 5.97 Å². The average molecular weight is 187 g/mol. The predicted octanol–water partition coefficient (Wildman–Crippen LogP) is 0.212. The zero-order valence-corrected chi connectivity index (χ0v) is 7.92. The minimum Gasteiger partial charge on any atom is -0.479 e. The summed E-state index contributed by atoms with van der Waals surface area (Å²) in [5.41, 5.74) is -1.64. The number of carbonyl (C=O) groups is 1. The topological polar surface area (TPSA) is 69.6 Å². The minimum atomic E-state index is -1.64. The first-order chi connectivity index (χ1) is 6.02. The van der Waals surface area contributed by atoms with E-state index >= 15 is 0 Å². The van der Waals surface area contributed by atoms with Gasteiger partial charge in [-0.3, -0.25) is 0 Å². The lowest BCUT2D eigenvalue weighted by Crippen LogP contribution is -2.45. The second kappa shape index (κ2) is 4.07. The Morgan fingerprint density at radius 3 is 2.69 bits per heavy atom. The number of hydrogen-bond acceptors (Lipinski definition) is 3. The van der Waals surface area contributed by atoms with Crippen LogP contribution in [0.1, 0.15) is 26.2 Å². The van der Waals surface area contributed by atoms with Crippen LogP contribution in [-0.2, 0) is 4.79 Å². The smallest absolute Gasteiger partial charge is 0.336 e. The molecular formula is C9H17NO3. The molecule has 0 aromatic heterocycles. The van der Waals surface area contributed by atoms with Gasteiger partial charge in [0.05, 0.1) is 0 Å². The predicted molar refractivity (Wildman–Crippen MR) is 48.5 cm³/mol. The molecule has 0 aliphatic heterocycles. The van der Waals surface area contributed by atoms with Crippen LogP contribution >= 0.6 is 0 Å². The number of carboxylic acids is 1. The fraction of sp³-hybridized carbons (Fsp3) is 0.889. The van der Waals surface area contributed by atoms with E-state index in [-0.39, 0.29) is 6.54 Å². The number of carboxylic acid groups (broad SMARTS) is 1. The Bertz CT molecular complexity index is 187. The quantitative estimate of drug-likeness (QED) is 0.520. The van der Waals surface area contributed by atoms with E-state index in [1.165, 1.54) is 19.8 Å². The normalized spacial score (nSPS) is 21.1. The van der Waals surface area contributed by atoms with Crippen molar-refractivity contribution in [3.8, 4) is 0 Å². The van der Waals surface area contributed by atoms with Crippen molar-refractivity contribution in [2.75, 3.05) is 13.1 Å². The molecule has 1 aliphatic carbocycles. The van der Waals surface area contributed by atoms with Crippen LogP contribution in [0.5, 0.6) is 0 Å². The first-order valence-corrected chi connectivity index (χ1v) is 4.69. The van der Waals surface area contributed by atoms with Crippen molar-refractivity contribution in [2.24, 2.45) is 5.92 Å². The summed E-state index contributed by atoms with van der Waals surface area (Å²) in [5.74, 6) is -0.339. The average Bonchev–Trinajstić information content (AvgIpc) is 2.81.